The zero-order valence-corrected chi connectivity index (χ0v) is 15.4. The number of carbonyl (C=O) groups is 1. The van der Waals surface area contributed by atoms with Crippen LogP contribution in [0.5, 0.6) is 0 Å². The Balaban J connectivity index is 1.96. The minimum atomic E-state index is -0.306. The summed E-state index contributed by atoms with van der Waals surface area (Å²) in [5.41, 5.74) is 3.08. The van der Waals surface area contributed by atoms with Crippen molar-refractivity contribution in [1.82, 2.24) is 10.6 Å². The van der Waals surface area contributed by atoms with Gasteiger partial charge in [-0.05, 0) is 49.0 Å². The molecule has 1 aliphatic heterocycles. The average Bonchev–Trinajstić information content (AvgIpc) is 2.55. The van der Waals surface area contributed by atoms with Gasteiger partial charge in [0.1, 0.15) is 0 Å². The summed E-state index contributed by atoms with van der Waals surface area (Å²) in [5, 5.41) is 9.67. The molecule has 2 aromatic rings. The Hall–Kier alpha value is -2.18. The smallest absolute Gasteiger partial charge is 0.255 e. The fourth-order valence-electron chi connectivity index (χ4n) is 2.65. The summed E-state index contributed by atoms with van der Waals surface area (Å²) < 4.78 is 0.951. The third-order valence-corrected chi connectivity index (χ3v) is 4.44. The Morgan fingerprint density at radius 2 is 1.92 bits per heavy atom. The topological polar surface area (TPSA) is 53.2 Å². The monoisotopic (exact) mass is 401 g/mol. The molecule has 3 rings (SSSR count). The largest absolute Gasteiger partial charge is 0.351 e. The third kappa shape index (κ3) is 3.66. The van der Waals surface area contributed by atoms with Crippen molar-refractivity contribution in [2.24, 2.45) is 0 Å². The maximum Gasteiger partial charge on any atom is 0.255 e. The van der Waals surface area contributed by atoms with Gasteiger partial charge in [-0.2, -0.15) is 0 Å². The minimum absolute atomic E-state index is 0.161. The second-order valence-electron chi connectivity index (χ2n) is 5.45. The van der Waals surface area contributed by atoms with Gasteiger partial charge < -0.3 is 16.0 Å². The van der Waals surface area contributed by atoms with E-state index < -0.39 is 0 Å². The van der Waals surface area contributed by atoms with Crippen molar-refractivity contribution < 1.29 is 4.79 Å². The molecule has 2 aromatic carbocycles. The molecule has 0 bridgehead atoms. The number of anilines is 1. The molecule has 1 aliphatic rings. The first-order valence-electron chi connectivity index (χ1n) is 7.45. The second-order valence-corrected chi connectivity index (χ2v) is 6.77. The lowest BCUT2D eigenvalue weighted by atomic mass is 9.95. The van der Waals surface area contributed by atoms with Gasteiger partial charge in [-0.25, -0.2) is 0 Å². The van der Waals surface area contributed by atoms with Gasteiger partial charge in [0.2, 0.25) is 0 Å². The molecule has 3 N–H and O–H groups in total. The van der Waals surface area contributed by atoms with Crippen molar-refractivity contribution in [2.75, 3.05) is 5.32 Å². The van der Waals surface area contributed by atoms with Crippen LogP contribution in [0, 0.1) is 0 Å². The lowest BCUT2D eigenvalue weighted by Crippen LogP contribution is -2.45. The van der Waals surface area contributed by atoms with Crippen molar-refractivity contribution in [1.29, 1.82) is 0 Å². The Labute approximate surface area is 154 Å². The number of rotatable bonds is 3. The number of allylic oxidation sites excluding steroid dienone is 1. The molecule has 4 nitrogen and oxygen atoms in total. The van der Waals surface area contributed by atoms with Gasteiger partial charge in [-0.3, -0.25) is 4.79 Å². The van der Waals surface area contributed by atoms with E-state index in [0.717, 1.165) is 21.4 Å². The number of nitrogens with one attached hydrogen (secondary N) is 3. The summed E-state index contributed by atoms with van der Waals surface area (Å²) in [4.78, 5) is 12.8. The van der Waals surface area contributed by atoms with Gasteiger partial charge in [0.25, 0.3) is 5.91 Å². The summed E-state index contributed by atoms with van der Waals surface area (Å²) in [6, 6.07) is 16.9. The molecule has 6 heteroatoms. The average molecular weight is 402 g/mol. The van der Waals surface area contributed by atoms with Gasteiger partial charge in [-0.1, -0.05) is 46.3 Å². The second kappa shape index (κ2) is 7.15. The molecular formula is C18H16BrN3OS. The molecule has 0 aliphatic carbocycles. The van der Waals surface area contributed by atoms with Crippen molar-refractivity contribution in [3.05, 3.63) is 75.9 Å². The normalized spacial score (nSPS) is 17.1. The molecule has 0 radical (unpaired) electrons. The number of para-hydroxylation sites is 1. The van der Waals surface area contributed by atoms with E-state index in [0.29, 0.717) is 10.7 Å². The fraction of sp³-hybridized carbons (Fsp3) is 0.111. The first kappa shape index (κ1) is 16.7. The molecule has 1 heterocycles. The zero-order valence-electron chi connectivity index (χ0n) is 13.0. The minimum Gasteiger partial charge on any atom is -0.351 e. The molecule has 122 valence electrons. The Kier molecular flexibility index (Phi) is 4.97. The quantitative estimate of drug-likeness (QED) is 0.683. The van der Waals surface area contributed by atoms with Crippen LogP contribution >= 0.6 is 28.1 Å². The van der Waals surface area contributed by atoms with Crippen LogP contribution in [-0.2, 0) is 4.79 Å². The molecule has 1 atom stereocenters. The highest BCUT2D eigenvalue weighted by Gasteiger charge is 2.29. The maximum absolute atomic E-state index is 12.8. The molecule has 1 amide bonds. The number of halogens is 1. The maximum atomic E-state index is 12.8. The van der Waals surface area contributed by atoms with E-state index in [4.69, 9.17) is 12.2 Å². The van der Waals surface area contributed by atoms with Crippen molar-refractivity contribution >= 4 is 44.9 Å². The Bertz CT molecular complexity index is 820. The van der Waals surface area contributed by atoms with E-state index in [1.54, 1.807) is 0 Å². The van der Waals surface area contributed by atoms with Gasteiger partial charge in [0.05, 0.1) is 11.6 Å². The SMILES string of the molecule is CC1=C(C(=O)Nc2ccccc2)[C@H](c2cccc(Br)c2)NC(=S)N1. The van der Waals surface area contributed by atoms with E-state index in [-0.39, 0.29) is 11.9 Å². The number of hydrogen-bond donors (Lipinski definition) is 3. The summed E-state index contributed by atoms with van der Waals surface area (Å²) in [6.45, 7) is 1.86. The molecule has 24 heavy (non-hydrogen) atoms. The van der Waals surface area contributed by atoms with Crippen molar-refractivity contribution in [3.63, 3.8) is 0 Å². The van der Waals surface area contributed by atoms with Gasteiger partial charge in [0, 0.05) is 15.9 Å². The molecule has 0 spiro atoms. The summed E-state index contributed by atoms with van der Waals surface area (Å²) in [5.74, 6) is -0.161. The van der Waals surface area contributed by atoms with E-state index >= 15 is 0 Å². The molecule has 0 saturated heterocycles. The molecule has 0 aromatic heterocycles. The zero-order chi connectivity index (χ0) is 17.1. The van der Waals surface area contributed by atoms with Crippen LogP contribution in [0.2, 0.25) is 0 Å². The highest BCUT2D eigenvalue weighted by Crippen LogP contribution is 2.29. The number of thiocarbonyl (C=S) groups is 1. The van der Waals surface area contributed by atoms with E-state index in [1.807, 2.05) is 61.5 Å². The van der Waals surface area contributed by atoms with Gasteiger partial charge in [0.15, 0.2) is 5.11 Å². The molecule has 0 saturated carbocycles. The lowest BCUT2D eigenvalue weighted by Gasteiger charge is -2.30. The van der Waals surface area contributed by atoms with Crippen LogP contribution in [0.25, 0.3) is 0 Å². The number of hydrogen-bond acceptors (Lipinski definition) is 2. The lowest BCUT2D eigenvalue weighted by molar-refractivity contribution is -0.113. The first-order chi connectivity index (χ1) is 11.5. The van der Waals surface area contributed by atoms with Gasteiger partial charge in [-0.15, -0.1) is 0 Å². The summed E-state index contributed by atoms with van der Waals surface area (Å²) >= 11 is 8.74. The molecular weight excluding hydrogens is 386 g/mol. The van der Waals surface area contributed by atoms with E-state index in [1.165, 1.54) is 0 Å². The third-order valence-electron chi connectivity index (χ3n) is 3.73. The van der Waals surface area contributed by atoms with Crippen LogP contribution in [0.15, 0.2) is 70.3 Å². The summed E-state index contributed by atoms with van der Waals surface area (Å²) in [6.07, 6.45) is 0. The highest BCUT2D eigenvalue weighted by molar-refractivity contribution is 9.10. The standard InChI is InChI=1S/C18H16BrN3OS/c1-11-15(17(23)21-14-8-3-2-4-9-14)16(22-18(24)20-11)12-6-5-7-13(19)10-12/h2-10,16H,1H3,(H,21,23)(H2,20,22,24)/t16-/m0/s1. The van der Waals surface area contributed by atoms with Crippen LogP contribution in [0.4, 0.5) is 5.69 Å². The number of amides is 1. The molecule has 0 unspecified atom stereocenters. The van der Waals surface area contributed by atoms with Crippen molar-refractivity contribution in [3.8, 4) is 0 Å². The van der Waals surface area contributed by atoms with Crippen molar-refractivity contribution in [2.45, 2.75) is 13.0 Å². The predicted octanol–water partition coefficient (Wildman–Crippen LogP) is 3.88. The van der Waals surface area contributed by atoms with Gasteiger partial charge >= 0.3 is 0 Å². The van der Waals surface area contributed by atoms with E-state index in [2.05, 4.69) is 31.9 Å². The predicted molar refractivity (Wildman–Crippen MR) is 104 cm³/mol. The number of benzene rings is 2. The summed E-state index contributed by atoms with van der Waals surface area (Å²) in [7, 11) is 0. The van der Waals surface area contributed by atoms with E-state index in [9.17, 15) is 4.79 Å². The van der Waals surface area contributed by atoms with Crippen LogP contribution in [0.1, 0.15) is 18.5 Å². The Morgan fingerprint density at radius 3 is 2.62 bits per heavy atom. The van der Waals surface area contributed by atoms with Crippen LogP contribution < -0.4 is 16.0 Å². The van der Waals surface area contributed by atoms with Crippen LogP contribution in [-0.4, -0.2) is 11.0 Å². The Morgan fingerprint density at radius 1 is 1.17 bits per heavy atom. The van der Waals surface area contributed by atoms with Crippen LogP contribution in [0.3, 0.4) is 0 Å². The molecule has 0 fully saturated rings. The highest BCUT2D eigenvalue weighted by atomic mass is 79.9. The number of carbonyl (C=O) groups excluding carboxylic acids is 1. The first-order valence-corrected chi connectivity index (χ1v) is 8.65. The fourth-order valence-corrected chi connectivity index (χ4v) is 3.34.